The van der Waals surface area contributed by atoms with Crippen molar-refractivity contribution >= 4 is 44.4 Å². The van der Waals surface area contributed by atoms with E-state index in [-0.39, 0.29) is 24.0 Å². The number of aryl methyl sites for hydroxylation is 2. The van der Waals surface area contributed by atoms with Crippen molar-refractivity contribution in [3.05, 3.63) is 151 Å². The van der Waals surface area contributed by atoms with E-state index < -0.39 is 0 Å². The second-order valence-corrected chi connectivity index (χ2v) is 11.4. The molecule has 2 heterocycles. The highest BCUT2D eigenvalue weighted by Gasteiger charge is 2.26. The van der Waals surface area contributed by atoms with E-state index >= 15 is 0 Å². The van der Waals surface area contributed by atoms with Crippen LogP contribution in [0, 0.1) is 0 Å². The lowest BCUT2D eigenvalue weighted by molar-refractivity contribution is -0.673. The zero-order chi connectivity index (χ0) is 28.3. The number of nitrogens with zero attached hydrogens (tertiary/aromatic N) is 4. The maximum atomic E-state index is 4.98. The minimum atomic E-state index is 0. The van der Waals surface area contributed by atoms with Crippen molar-refractivity contribution in [1.82, 2.24) is 9.55 Å². The quantitative estimate of drug-likeness (QED) is 0.155. The molecular formula is C37H31IN4S. The Hall–Kier alpha value is -4.27. The highest BCUT2D eigenvalue weighted by Crippen LogP contribution is 2.32. The molecule has 0 bridgehead atoms. The van der Waals surface area contributed by atoms with Gasteiger partial charge in [-0.2, -0.15) is 4.57 Å². The number of rotatable bonds is 8. The third kappa shape index (κ3) is 5.98. The van der Waals surface area contributed by atoms with Gasteiger partial charge in [-0.05, 0) is 60.2 Å². The van der Waals surface area contributed by atoms with Gasteiger partial charge in [0.05, 0.1) is 16.8 Å². The molecule has 2 aromatic heterocycles. The van der Waals surface area contributed by atoms with E-state index in [1.807, 2.05) is 0 Å². The molecule has 0 fully saturated rings. The SMILES string of the molecule is CN(/C=C/c1n(-c2ccccc2)c2ccc(-c3nc4ccccc4s3)cc2[n+]1CCc1ccccc1)c1ccccc1.[I-]. The van der Waals surface area contributed by atoms with Crippen LogP contribution in [-0.4, -0.2) is 16.6 Å². The number of benzene rings is 5. The Morgan fingerprint density at radius 3 is 2.21 bits per heavy atom. The monoisotopic (exact) mass is 690 g/mol. The zero-order valence-electron chi connectivity index (χ0n) is 23.8. The zero-order valence-corrected chi connectivity index (χ0v) is 26.8. The lowest BCUT2D eigenvalue weighted by Gasteiger charge is -2.13. The van der Waals surface area contributed by atoms with E-state index in [9.17, 15) is 0 Å². The van der Waals surface area contributed by atoms with Crippen LogP contribution in [0.2, 0.25) is 0 Å². The van der Waals surface area contributed by atoms with E-state index in [0.29, 0.717) is 0 Å². The minimum Gasteiger partial charge on any atom is -1.00 e. The van der Waals surface area contributed by atoms with E-state index in [2.05, 4.69) is 167 Å². The summed E-state index contributed by atoms with van der Waals surface area (Å²) in [6.07, 6.45) is 5.33. The molecule has 212 valence electrons. The molecule has 0 spiro atoms. The van der Waals surface area contributed by atoms with Crippen LogP contribution in [0.5, 0.6) is 0 Å². The van der Waals surface area contributed by atoms with Crippen LogP contribution in [0.25, 0.3) is 43.6 Å². The maximum Gasteiger partial charge on any atom is 0.289 e. The molecule has 0 atom stereocenters. The Morgan fingerprint density at radius 1 is 0.791 bits per heavy atom. The molecule has 43 heavy (non-hydrogen) atoms. The minimum absolute atomic E-state index is 0. The Kier molecular flexibility index (Phi) is 8.67. The highest BCUT2D eigenvalue weighted by molar-refractivity contribution is 7.21. The van der Waals surface area contributed by atoms with Crippen LogP contribution in [0.15, 0.2) is 140 Å². The molecule has 0 N–H and O–H groups in total. The summed E-state index contributed by atoms with van der Waals surface area (Å²) < 4.78 is 6.04. The third-order valence-electron chi connectivity index (χ3n) is 7.65. The largest absolute Gasteiger partial charge is 1.00 e. The summed E-state index contributed by atoms with van der Waals surface area (Å²) in [6, 6.07) is 47.0. The van der Waals surface area contributed by atoms with Crippen molar-refractivity contribution in [2.75, 3.05) is 11.9 Å². The van der Waals surface area contributed by atoms with Gasteiger partial charge in [-0.1, -0.05) is 78.9 Å². The third-order valence-corrected chi connectivity index (χ3v) is 8.73. The first kappa shape index (κ1) is 28.8. The van der Waals surface area contributed by atoms with Crippen molar-refractivity contribution < 1.29 is 28.5 Å². The summed E-state index contributed by atoms with van der Waals surface area (Å²) in [5.74, 6) is 1.12. The van der Waals surface area contributed by atoms with Gasteiger partial charge in [-0.15, -0.1) is 11.3 Å². The predicted octanol–water partition coefficient (Wildman–Crippen LogP) is 5.55. The van der Waals surface area contributed by atoms with Crippen LogP contribution >= 0.6 is 11.3 Å². The predicted molar refractivity (Wildman–Crippen MR) is 176 cm³/mol. The molecule has 4 nitrogen and oxygen atoms in total. The maximum absolute atomic E-state index is 4.98. The van der Waals surface area contributed by atoms with Crippen molar-refractivity contribution in [3.63, 3.8) is 0 Å². The Bertz CT molecular complexity index is 1960. The van der Waals surface area contributed by atoms with Crippen LogP contribution in [0.4, 0.5) is 5.69 Å². The van der Waals surface area contributed by atoms with Gasteiger partial charge < -0.3 is 28.9 Å². The van der Waals surface area contributed by atoms with Gasteiger partial charge in [0, 0.05) is 37.0 Å². The molecule has 6 heteroatoms. The average Bonchev–Trinajstić information content (AvgIpc) is 3.62. The topological polar surface area (TPSA) is 24.9 Å². The highest BCUT2D eigenvalue weighted by atomic mass is 127. The molecule has 0 aliphatic carbocycles. The van der Waals surface area contributed by atoms with Gasteiger partial charge in [0.2, 0.25) is 0 Å². The van der Waals surface area contributed by atoms with Crippen LogP contribution < -0.4 is 33.4 Å². The van der Waals surface area contributed by atoms with Gasteiger partial charge in [0.25, 0.3) is 5.82 Å². The van der Waals surface area contributed by atoms with E-state index in [1.54, 1.807) is 11.3 Å². The summed E-state index contributed by atoms with van der Waals surface area (Å²) in [5.41, 5.74) is 8.14. The number of para-hydroxylation sites is 3. The van der Waals surface area contributed by atoms with Gasteiger partial charge >= 0.3 is 0 Å². The van der Waals surface area contributed by atoms with Crippen LogP contribution in [-0.2, 0) is 13.0 Å². The summed E-state index contributed by atoms with van der Waals surface area (Å²) >= 11 is 1.75. The van der Waals surface area contributed by atoms with E-state index in [4.69, 9.17) is 4.98 Å². The summed E-state index contributed by atoms with van der Waals surface area (Å²) in [6.45, 7) is 0.846. The summed E-state index contributed by atoms with van der Waals surface area (Å²) in [4.78, 5) is 7.14. The number of anilines is 1. The fraction of sp³-hybridized carbons (Fsp3) is 0.0811. The van der Waals surface area contributed by atoms with Gasteiger partial charge in [0.15, 0.2) is 11.0 Å². The number of fused-ring (bicyclic) bond motifs is 2. The van der Waals surface area contributed by atoms with Gasteiger partial charge in [0.1, 0.15) is 10.7 Å². The molecule has 0 aliphatic heterocycles. The van der Waals surface area contributed by atoms with Crippen molar-refractivity contribution in [1.29, 1.82) is 0 Å². The Morgan fingerprint density at radius 2 is 1.47 bits per heavy atom. The lowest BCUT2D eigenvalue weighted by Crippen LogP contribution is -3.00. The first-order valence-electron chi connectivity index (χ1n) is 14.2. The van der Waals surface area contributed by atoms with Gasteiger partial charge in [-0.25, -0.2) is 9.55 Å². The summed E-state index contributed by atoms with van der Waals surface area (Å²) in [7, 11) is 2.10. The molecule has 0 saturated carbocycles. The first-order valence-corrected chi connectivity index (χ1v) is 15.1. The number of halogens is 1. The fourth-order valence-corrected chi connectivity index (χ4v) is 6.45. The molecule has 0 aliphatic rings. The molecule has 5 aromatic carbocycles. The number of thiazole rings is 1. The molecule has 0 radical (unpaired) electrons. The summed E-state index contributed by atoms with van der Waals surface area (Å²) in [5, 5.41) is 1.04. The molecular weight excluding hydrogens is 659 g/mol. The van der Waals surface area contributed by atoms with E-state index in [1.165, 1.54) is 21.3 Å². The molecule has 7 aromatic rings. The standard InChI is InChI=1S/C37H31N4S.HI/c1-39(30-15-7-3-8-16-30)25-24-36-40(26-23-28-13-5-2-6-14-28)34-27-29(37-38-32-19-11-12-20-35(32)42-37)21-22-33(34)41(36)31-17-9-4-10-18-31;/h2-22,24-25,27H,23,26H2,1H3;1H/q+1;/p-1. The number of hydrogen-bond acceptors (Lipinski definition) is 3. The second-order valence-electron chi connectivity index (χ2n) is 10.4. The first-order chi connectivity index (χ1) is 20.7. The number of hydrogen-bond donors (Lipinski definition) is 0. The van der Waals surface area contributed by atoms with Crippen molar-refractivity contribution in [2.45, 2.75) is 13.0 Å². The Balaban J connectivity index is 0.00000329. The van der Waals surface area contributed by atoms with Gasteiger partial charge in [-0.3, -0.25) is 0 Å². The van der Waals surface area contributed by atoms with Crippen LogP contribution in [0.1, 0.15) is 11.4 Å². The lowest BCUT2D eigenvalue weighted by atomic mass is 10.1. The fourth-order valence-electron chi connectivity index (χ4n) is 5.49. The Labute approximate surface area is 273 Å². The average molecular weight is 691 g/mol. The number of imidazole rings is 1. The van der Waals surface area contributed by atoms with Crippen molar-refractivity contribution in [3.8, 4) is 16.3 Å². The van der Waals surface area contributed by atoms with Crippen molar-refractivity contribution in [2.24, 2.45) is 0 Å². The normalized spacial score (nSPS) is 11.3. The van der Waals surface area contributed by atoms with Crippen LogP contribution in [0.3, 0.4) is 0 Å². The molecule has 7 rings (SSSR count). The van der Waals surface area contributed by atoms with E-state index in [0.717, 1.165) is 46.3 Å². The number of aromatic nitrogens is 3. The second kappa shape index (κ2) is 12.9. The molecule has 0 amide bonds. The smallest absolute Gasteiger partial charge is 0.289 e. The molecule has 0 saturated heterocycles. The molecule has 0 unspecified atom stereocenters.